The van der Waals surface area contributed by atoms with E-state index in [1.54, 1.807) is 0 Å². The summed E-state index contributed by atoms with van der Waals surface area (Å²) in [4.78, 5) is 0. The van der Waals surface area contributed by atoms with Gasteiger partial charge in [-0.1, -0.05) is 37.3 Å². The molecule has 1 aromatic rings. The molecule has 0 radical (unpaired) electrons. The first-order valence-electron chi connectivity index (χ1n) is 5.50. The Morgan fingerprint density at radius 3 is 2.57 bits per heavy atom. The van der Waals surface area contributed by atoms with E-state index in [-0.39, 0.29) is 0 Å². The normalized spacial score (nSPS) is 32.9. The predicted octanol–water partition coefficient (Wildman–Crippen LogP) is 2.72. The Balaban J connectivity index is 2.17. The Kier molecular flexibility index (Phi) is 2.60. The first-order chi connectivity index (χ1) is 6.71. The second-order valence-corrected chi connectivity index (χ2v) is 4.75. The molecule has 1 N–H and O–H groups in total. The Labute approximate surface area is 86.5 Å². The summed E-state index contributed by atoms with van der Waals surface area (Å²) in [5, 5.41) is 3.57. The van der Waals surface area contributed by atoms with Crippen LogP contribution in [0.15, 0.2) is 30.3 Å². The van der Waals surface area contributed by atoms with E-state index >= 15 is 0 Å². The summed E-state index contributed by atoms with van der Waals surface area (Å²) in [6.45, 7) is 5.74. The molecule has 0 aliphatic carbocycles. The molecule has 0 amide bonds. The minimum absolute atomic E-state index is 0.341. The first-order valence-corrected chi connectivity index (χ1v) is 5.50. The summed E-state index contributed by atoms with van der Waals surface area (Å²) >= 11 is 0. The third-order valence-corrected chi connectivity index (χ3v) is 3.44. The summed E-state index contributed by atoms with van der Waals surface area (Å²) in [6.07, 6.45) is 2.58. The maximum atomic E-state index is 3.57. The van der Waals surface area contributed by atoms with E-state index in [2.05, 4.69) is 49.5 Å². The highest BCUT2D eigenvalue weighted by Crippen LogP contribution is 2.31. The van der Waals surface area contributed by atoms with Gasteiger partial charge in [-0.15, -0.1) is 0 Å². The van der Waals surface area contributed by atoms with Crippen LogP contribution in [0.25, 0.3) is 0 Å². The molecule has 0 saturated carbocycles. The second kappa shape index (κ2) is 3.74. The Morgan fingerprint density at radius 1 is 1.29 bits per heavy atom. The molecule has 0 unspecified atom stereocenters. The third kappa shape index (κ3) is 1.83. The zero-order valence-corrected chi connectivity index (χ0v) is 9.09. The maximum absolute atomic E-state index is 3.57. The van der Waals surface area contributed by atoms with Crippen molar-refractivity contribution in [2.45, 2.75) is 38.1 Å². The van der Waals surface area contributed by atoms with Crippen LogP contribution < -0.4 is 5.32 Å². The van der Waals surface area contributed by atoms with Gasteiger partial charge in [0, 0.05) is 18.0 Å². The monoisotopic (exact) mass is 189 g/mol. The quantitative estimate of drug-likeness (QED) is 0.716. The molecule has 1 aliphatic rings. The van der Waals surface area contributed by atoms with E-state index in [4.69, 9.17) is 0 Å². The van der Waals surface area contributed by atoms with Crippen molar-refractivity contribution in [2.24, 2.45) is 0 Å². The fourth-order valence-corrected chi connectivity index (χ4v) is 2.21. The number of nitrogens with one attached hydrogen (secondary N) is 1. The molecule has 1 aromatic carbocycles. The topological polar surface area (TPSA) is 12.0 Å². The van der Waals surface area contributed by atoms with Crippen molar-refractivity contribution in [3.8, 4) is 0 Å². The van der Waals surface area contributed by atoms with Crippen LogP contribution in [0.4, 0.5) is 0 Å². The van der Waals surface area contributed by atoms with Crippen molar-refractivity contribution >= 4 is 0 Å². The highest BCUT2D eigenvalue weighted by Gasteiger charge is 2.30. The fraction of sp³-hybridized carbons (Fsp3) is 0.538. The maximum Gasteiger partial charge on any atom is 0.00502 e. The van der Waals surface area contributed by atoms with Crippen molar-refractivity contribution in [3.05, 3.63) is 35.9 Å². The highest BCUT2D eigenvalue weighted by atomic mass is 14.9. The largest absolute Gasteiger partial charge is 0.313 e. The Hall–Kier alpha value is -0.820. The SMILES string of the molecule is C[C@H]1CC[C@@](C)(c2ccccc2)CN1. The second-order valence-electron chi connectivity index (χ2n) is 4.75. The minimum atomic E-state index is 0.341. The van der Waals surface area contributed by atoms with E-state index in [1.165, 1.54) is 18.4 Å². The van der Waals surface area contributed by atoms with Crippen molar-refractivity contribution in [1.29, 1.82) is 0 Å². The lowest BCUT2D eigenvalue weighted by atomic mass is 9.75. The Morgan fingerprint density at radius 2 is 2.00 bits per heavy atom. The van der Waals surface area contributed by atoms with Gasteiger partial charge in [-0.3, -0.25) is 0 Å². The van der Waals surface area contributed by atoms with E-state index in [0.29, 0.717) is 11.5 Å². The number of hydrogen-bond donors (Lipinski definition) is 1. The number of benzene rings is 1. The van der Waals surface area contributed by atoms with Crippen molar-refractivity contribution in [2.75, 3.05) is 6.54 Å². The van der Waals surface area contributed by atoms with Crippen LogP contribution in [0.5, 0.6) is 0 Å². The number of piperidine rings is 1. The molecule has 14 heavy (non-hydrogen) atoms. The van der Waals surface area contributed by atoms with Gasteiger partial charge in [0.15, 0.2) is 0 Å². The highest BCUT2D eigenvalue weighted by molar-refractivity contribution is 5.25. The molecule has 1 fully saturated rings. The first kappa shape index (κ1) is 9.72. The summed E-state index contributed by atoms with van der Waals surface area (Å²) in [7, 11) is 0. The van der Waals surface area contributed by atoms with Crippen LogP contribution >= 0.6 is 0 Å². The van der Waals surface area contributed by atoms with Crippen LogP contribution in [-0.4, -0.2) is 12.6 Å². The van der Waals surface area contributed by atoms with Gasteiger partial charge in [0.25, 0.3) is 0 Å². The van der Waals surface area contributed by atoms with E-state index in [0.717, 1.165) is 6.54 Å². The molecule has 2 rings (SSSR count). The molecule has 1 nitrogen and oxygen atoms in total. The average molecular weight is 189 g/mol. The molecule has 1 aliphatic heterocycles. The van der Waals surface area contributed by atoms with Gasteiger partial charge in [0.1, 0.15) is 0 Å². The zero-order valence-electron chi connectivity index (χ0n) is 9.09. The molecule has 1 saturated heterocycles. The van der Waals surface area contributed by atoms with Gasteiger partial charge >= 0.3 is 0 Å². The number of hydrogen-bond acceptors (Lipinski definition) is 1. The molecule has 0 aromatic heterocycles. The smallest absolute Gasteiger partial charge is 0.00502 e. The van der Waals surface area contributed by atoms with Gasteiger partial charge in [-0.25, -0.2) is 0 Å². The van der Waals surface area contributed by atoms with Crippen molar-refractivity contribution < 1.29 is 0 Å². The van der Waals surface area contributed by atoms with Crippen molar-refractivity contribution in [3.63, 3.8) is 0 Å². The van der Waals surface area contributed by atoms with Gasteiger partial charge in [-0.2, -0.15) is 0 Å². The van der Waals surface area contributed by atoms with Gasteiger partial charge in [0.05, 0.1) is 0 Å². The van der Waals surface area contributed by atoms with Crippen LogP contribution in [0.1, 0.15) is 32.3 Å². The lowest BCUT2D eigenvalue weighted by Crippen LogP contribution is -2.45. The summed E-state index contributed by atoms with van der Waals surface area (Å²) in [5.74, 6) is 0. The van der Waals surface area contributed by atoms with Crippen LogP contribution in [-0.2, 0) is 5.41 Å². The molecule has 76 valence electrons. The standard InChI is InChI=1S/C13H19N/c1-11-8-9-13(2,10-14-11)12-6-4-3-5-7-12/h3-7,11,14H,8-10H2,1-2H3/t11-,13+/m0/s1. The van der Waals surface area contributed by atoms with Crippen molar-refractivity contribution in [1.82, 2.24) is 5.32 Å². The molecular weight excluding hydrogens is 170 g/mol. The zero-order chi connectivity index (χ0) is 10.0. The third-order valence-electron chi connectivity index (χ3n) is 3.44. The van der Waals surface area contributed by atoms with E-state index in [1.807, 2.05) is 0 Å². The van der Waals surface area contributed by atoms with Crippen LogP contribution in [0, 0.1) is 0 Å². The molecule has 2 atom stereocenters. The average Bonchev–Trinajstić information content (AvgIpc) is 2.24. The number of rotatable bonds is 1. The lowest BCUT2D eigenvalue weighted by Gasteiger charge is -2.37. The summed E-state index contributed by atoms with van der Waals surface area (Å²) in [5.41, 5.74) is 1.81. The van der Waals surface area contributed by atoms with Crippen LogP contribution in [0.2, 0.25) is 0 Å². The molecule has 1 heterocycles. The van der Waals surface area contributed by atoms with Crippen LogP contribution in [0.3, 0.4) is 0 Å². The summed E-state index contributed by atoms with van der Waals surface area (Å²) in [6, 6.07) is 11.5. The molecule has 0 spiro atoms. The minimum Gasteiger partial charge on any atom is -0.313 e. The molecule has 0 bridgehead atoms. The molecule has 1 heteroatoms. The lowest BCUT2D eigenvalue weighted by molar-refractivity contribution is 0.292. The van der Waals surface area contributed by atoms with Gasteiger partial charge in [-0.05, 0) is 25.3 Å². The van der Waals surface area contributed by atoms with E-state index in [9.17, 15) is 0 Å². The summed E-state index contributed by atoms with van der Waals surface area (Å²) < 4.78 is 0. The van der Waals surface area contributed by atoms with Gasteiger partial charge < -0.3 is 5.32 Å². The predicted molar refractivity (Wildman–Crippen MR) is 60.5 cm³/mol. The van der Waals surface area contributed by atoms with Gasteiger partial charge in [0.2, 0.25) is 0 Å². The van der Waals surface area contributed by atoms with E-state index < -0.39 is 0 Å². The fourth-order valence-electron chi connectivity index (χ4n) is 2.21. The Bertz CT molecular complexity index is 283. The molecular formula is C13H19N.